The van der Waals surface area contributed by atoms with Crippen LogP contribution in [0.1, 0.15) is 11.1 Å². The van der Waals surface area contributed by atoms with Gasteiger partial charge in [-0.3, -0.25) is 14.5 Å². The van der Waals surface area contributed by atoms with Gasteiger partial charge in [-0.2, -0.15) is 0 Å². The fourth-order valence-electron chi connectivity index (χ4n) is 2.41. The summed E-state index contributed by atoms with van der Waals surface area (Å²) in [5, 5.41) is 7.00. The van der Waals surface area contributed by atoms with Crippen LogP contribution in [0, 0.1) is 6.92 Å². The number of halogens is 3. The number of benzene rings is 2. The second kappa shape index (κ2) is 9.95. The van der Waals surface area contributed by atoms with Gasteiger partial charge >= 0.3 is 0 Å². The van der Waals surface area contributed by atoms with Crippen LogP contribution >= 0.6 is 34.8 Å². The lowest BCUT2D eigenvalue weighted by Crippen LogP contribution is -2.39. The van der Waals surface area contributed by atoms with Gasteiger partial charge in [0.05, 0.1) is 13.1 Å². The van der Waals surface area contributed by atoms with Gasteiger partial charge < -0.3 is 10.6 Å². The number of hydrogen-bond acceptors (Lipinski definition) is 3. The van der Waals surface area contributed by atoms with Crippen LogP contribution in [-0.4, -0.2) is 36.9 Å². The first kappa shape index (κ1) is 21.5. The minimum absolute atomic E-state index is 0.125. The van der Waals surface area contributed by atoms with Gasteiger partial charge in [-0.25, -0.2) is 0 Å². The lowest BCUT2D eigenvalue weighted by molar-refractivity contribution is -0.124. The Morgan fingerprint density at radius 1 is 1.04 bits per heavy atom. The third-order valence-corrected chi connectivity index (χ3v) is 4.85. The van der Waals surface area contributed by atoms with Crippen LogP contribution < -0.4 is 10.6 Å². The van der Waals surface area contributed by atoms with Crippen LogP contribution in [0.2, 0.25) is 15.1 Å². The van der Waals surface area contributed by atoms with E-state index >= 15 is 0 Å². The van der Waals surface area contributed by atoms with E-state index in [2.05, 4.69) is 10.6 Å². The molecule has 0 radical (unpaired) electrons. The number of amides is 2. The van der Waals surface area contributed by atoms with E-state index in [9.17, 15) is 9.59 Å². The lowest BCUT2D eigenvalue weighted by Gasteiger charge is -2.17. The van der Waals surface area contributed by atoms with Gasteiger partial charge in [-0.15, -0.1) is 0 Å². The number of nitrogens with one attached hydrogen (secondary N) is 2. The number of hydrogen-bond donors (Lipinski definition) is 2. The first-order valence-electron chi connectivity index (χ1n) is 8.20. The molecule has 8 heteroatoms. The smallest absolute Gasteiger partial charge is 0.243 e. The topological polar surface area (TPSA) is 61.4 Å². The zero-order chi connectivity index (χ0) is 20.0. The Bertz CT molecular complexity index is 843. The van der Waals surface area contributed by atoms with Crippen molar-refractivity contribution >= 4 is 52.3 Å². The van der Waals surface area contributed by atoms with E-state index in [4.69, 9.17) is 34.8 Å². The van der Waals surface area contributed by atoms with Crippen molar-refractivity contribution in [1.29, 1.82) is 0 Å². The molecule has 0 aromatic heterocycles. The van der Waals surface area contributed by atoms with Crippen molar-refractivity contribution in [3.63, 3.8) is 0 Å². The highest BCUT2D eigenvalue weighted by atomic mass is 35.5. The summed E-state index contributed by atoms with van der Waals surface area (Å²) in [5.74, 6) is -0.585. The second-order valence-electron chi connectivity index (χ2n) is 6.15. The maximum absolute atomic E-state index is 12.1. The normalized spacial score (nSPS) is 10.7. The molecule has 2 aromatic carbocycles. The van der Waals surface area contributed by atoms with Crippen LogP contribution in [0.15, 0.2) is 36.4 Å². The minimum Gasteiger partial charge on any atom is -0.346 e. The molecule has 0 bridgehead atoms. The molecule has 0 atom stereocenters. The number of likely N-dealkylation sites (N-methyl/N-ethyl adjacent to an activating group) is 1. The molecule has 2 aromatic rings. The first-order chi connectivity index (χ1) is 12.8. The zero-order valence-electron chi connectivity index (χ0n) is 15.0. The molecule has 0 fully saturated rings. The summed E-state index contributed by atoms with van der Waals surface area (Å²) in [4.78, 5) is 25.9. The zero-order valence-corrected chi connectivity index (χ0v) is 17.3. The van der Waals surface area contributed by atoms with Gasteiger partial charge in [0, 0.05) is 27.3 Å². The van der Waals surface area contributed by atoms with Crippen LogP contribution in [0.4, 0.5) is 5.69 Å². The fraction of sp³-hybridized carbons (Fsp3) is 0.263. The van der Waals surface area contributed by atoms with Gasteiger partial charge in [0.15, 0.2) is 0 Å². The van der Waals surface area contributed by atoms with E-state index < -0.39 is 0 Å². The predicted octanol–water partition coefficient (Wildman–Crippen LogP) is 4.14. The van der Waals surface area contributed by atoms with Gasteiger partial charge in [-0.05, 0) is 49.4 Å². The summed E-state index contributed by atoms with van der Waals surface area (Å²) in [7, 11) is 1.79. The van der Waals surface area contributed by atoms with E-state index in [1.807, 2.05) is 13.0 Å². The van der Waals surface area contributed by atoms with Crippen molar-refractivity contribution < 1.29 is 9.59 Å². The van der Waals surface area contributed by atoms with Crippen molar-refractivity contribution in [3.05, 3.63) is 62.6 Å². The summed E-state index contributed by atoms with van der Waals surface area (Å²) in [5.41, 5.74) is 2.26. The van der Waals surface area contributed by atoms with Crippen LogP contribution in [0.5, 0.6) is 0 Å². The number of rotatable bonds is 7. The third kappa shape index (κ3) is 6.70. The van der Waals surface area contributed by atoms with E-state index in [1.54, 1.807) is 42.3 Å². The minimum atomic E-state index is -0.322. The Kier molecular flexibility index (Phi) is 7.92. The first-order valence-corrected chi connectivity index (χ1v) is 9.34. The number of nitrogens with zero attached hydrogens (tertiary/aromatic N) is 1. The van der Waals surface area contributed by atoms with E-state index in [-0.39, 0.29) is 24.9 Å². The molecular weight excluding hydrogens is 409 g/mol. The average Bonchev–Trinajstić information content (AvgIpc) is 2.59. The Morgan fingerprint density at radius 3 is 2.48 bits per heavy atom. The Balaban J connectivity index is 1.79. The molecule has 0 aliphatic rings. The maximum Gasteiger partial charge on any atom is 0.243 e. The molecule has 2 rings (SSSR count). The van der Waals surface area contributed by atoms with Crippen molar-refractivity contribution in [2.45, 2.75) is 13.5 Å². The van der Waals surface area contributed by atoms with Gasteiger partial charge in [-0.1, -0.05) is 46.9 Å². The summed E-state index contributed by atoms with van der Waals surface area (Å²) < 4.78 is 0. The molecule has 0 spiro atoms. The lowest BCUT2D eigenvalue weighted by atomic mass is 10.2. The quantitative estimate of drug-likeness (QED) is 0.696. The van der Waals surface area contributed by atoms with Crippen LogP contribution in [0.3, 0.4) is 0 Å². The summed E-state index contributed by atoms with van der Waals surface area (Å²) in [6.07, 6.45) is 0. The largest absolute Gasteiger partial charge is 0.346 e. The Hall–Kier alpha value is -1.79. The molecule has 0 saturated heterocycles. The van der Waals surface area contributed by atoms with Crippen molar-refractivity contribution in [1.82, 2.24) is 10.2 Å². The highest BCUT2D eigenvalue weighted by Crippen LogP contribution is 2.23. The Morgan fingerprint density at radius 2 is 1.78 bits per heavy atom. The maximum atomic E-state index is 12.1. The third-order valence-electron chi connectivity index (χ3n) is 3.86. The van der Waals surface area contributed by atoms with Crippen LogP contribution in [-0.2, 0) is 16.1 Å². The molecular formula is C19H20Cl3N3O2. The van der Waals surface area contributed by atoms with Crippen LogP contribution in [0.25, 0.3) is 0 Å². The molecule has 0 aliphatic carbocycles. The van der Waals surface area contributed by atoms with E-state index in [0.29, 0.717) is 27.3 Å². The number of anilines is 1. The molecule has 0 heterocycles. The molecule has 0 unspecified atom stereocenters. The van der Waals surface area contributed by atoms with E-state index in [0.717, 1.165) is 11.1 Å². The molecule has 2 N–H and O–H groups in total. The molecule has 27 heavy (non-hydrogen) atoms. The molecule has 2 amide bonds. The molecule has 144 valence electrons. The second-order valence-corrected chi connectivity index (χ2v) is 7.40. The van der Waals surface area contributed by atoms with Crippen molar-refractivity contribution in [2.24, 2.45) is 0 Å². The highest BCUT2D eigenvalue weighted by Gasteiger charge is 2.12. The molecule has 5 nitrogen and oxygen atoms in total. The van der Waals surface area contributed by atoms with Gasteiger partial charge in [0.2, 0.25) is 11.8 Å². The average molecular weight is 429 g/mol. The molecule has 0 saturated carbocycles. The van der Waals surface area contributed by atoms with Crippen molar-refractivity contribution in [2.75, 3.05) is 25.5 Å². The predicted molar refractivity (Wildman–Crippen MR) is 111 cm³/mol. The Labute approximate surface area is 173 Å². The highest BCUT2D eigenvalue weighted by molar-refractivity contribution is 6.35. The summed E-state index contributed by atoms with van der Waals surface area (Å²) in [6, 6.07) is 10.5. The molecule has 0 aliphatic heterocycles. The number of carbonyl (C=O) groups is 2. The SMILES string of the molecule is Cc1c(Cl)cccc1NC(=O)CNC(=O)CN(C)Cc1ccc(Cl)cc1Cl. The summed E-state index contributed by atoms with van der Waals surface area (Å²) in [6.45, 7) is 2.30. The van der Waals surface area contributed by atoms with Gasteiger partial charge in [0.25, 0.3) is 0 Å². The monoisotopic (exact) mass is 427 g/mol. The number of carbonyl (C=O) groups excluding carboxylic acids is 2. The van der Waals surface area contributed by atoms with Gasteiger partial charge in [0.1, 0.15) is 0 Å². The van der Waals surface area contributed by atoms with Crippen molar-refractivity contribution in [3.8, 4) is 0 Å². The van der Waals surface area contributed by atoms with E-state index in [1.165, 1.54) is 0 Å². The fourth-order valence-corrected chi connectivity index (χ4v) is 3.06. The summed E-state index contributed by atoms with van der Waals surface area (Å²) >= 11 is 18.0. The standard InChI is InChI=1S/C19H20Cl3N3O2/c1-12-15(21)4-3-5-17(12)24-18(26)9-23-19(27)11-25(2)10-13-6-7-14(20)8-16(13)22/h3-8H,9-11H2,1-2H3,(H,23,27)(H,24,26).